The summed E-state index contributed by atoms with van der Waals surface area (Å²) in [6.45, 7) is 1.07. The number of hydrogen-bond acceptors (Lipinski definition) is 14. The van der Waals surface area contributed by atoms with Gasteiger partial charge >= 0.3 is 43.1 Å². The van der Waals surface area contributed by atoms with Gasteiger partial charge in [-0.05, 0) is 85.3 Å². The van der Waals surface area contributed by atoms with Crippen LogP contribution >= 0.6 is 6.72 Å². The summed E-state index contributed by atoms with van der Waals surface area (Å²) in [6, 6.07) is 17.6. The molecular weight excluding hydrogens is 814 g/mol. The molecule has 0 heterocycles. The molecule has 0 aliphatic carbocycles. The summed E-state index contributed by atoms with van der Waals surface area (Å²) in [5.74, 6) is -0.836. The maximum atomic E-state index is 12.4. The lowest BCUT2D eigenvalue weighted by molar-refractivity contribution is -0.159. The maximum absolute atomic E-state index is 12.4. The lowest BCUT2D eigenvalue weighted by Gasteiger charge is -2.24. The minimum atomic E-state index is -4.71. The number of nitrogens with two attached hydrogens (primary N) is 2. The number of nitrogens with one attached hydrogen (secondary N) is 1. The van der Waals surface area contributed by atoms with E-state index in [1.165, 1.54) is 48.5 Å². The van der Waals surface area contributed by atoms with Crippen LogP contribution in [0.25, 0.3) is 0 Å². The van der Waals surface area contributed by atoms with Gasteiger partial charge in [-0.25, -0.2) is 24.0 Å². The third kappa shape index (κ3) is 17.3. The molecule has 0 saturated carbocycles. The third-order valence-corrected chi connectivity index (χ3v) is 9.16. The summed E-state index contributed by atoms with van der Waals surface area (Å²) >= 11 is 5.79. The Kier molecular flexibility index (Phi) is 17.9. The topological polar surface area (TPSA) is 223 Å². The first-order chi connectivity index (χ1) is 27.5. The number of ether oxygens (including phenoxy) is 5. The van der Waals surface area contributed by atoms with E-state index >= 15 is 0 Å². The largest absolute Gasteiger partial charge is 0.490 e. The Balaban J connectivity index is 1.84. The SMILES string of the molecule is C=CC(=O)OCCCC(OC(N)=O)c1ccc(OP(=S)(Oc2ccc(NC(=O)OCC(F)(F)F)cc2)Oc2ccc(C(CCCOC(=O)C=C)OC(N)=O)cc2)cc1. The number of carbonyl (C=O) groups is 5. The second-order valence-corrected chi connectivity index (χ2v) is 14.4. The minimum Gasteiger partial charge on any atom is -0.463 e. The van der Waals surface area contributed by atoms with Crippen LogP contribution in [0.4, 0.5) is 33.2 Å². The summed E-state index contributed by atoms with van der Waals surface area (Å²) in [6.07, 6.45) is -6.58. The summed E-state index contributed by atoms with van der Waals surface area (Å²) in [5, 5.41) is 2.16. The molecule has 3 aromatic carbocycles. The Hall–Kier alpha value is -6.27. The summed E-state index contributed by atoms with van der Waals surface area (Å²) in [5.41, 5.74) is 11.6. The van der Waals surface area contributed by atoms with Crippen molar-refractivity contribution >= 4 is 54.4 Å². The smallest absolute Gasteiger partial charge is 0.463 e. The van der Waals surface area contributed by atoms with Gasteiger partial charge in [-0.1, -0.05) is 37.4 Å². The molecule has 58 heavy (non-hydrogen) atoms. The Bertz CT molecular complexity index is 1840. The van der Waals surface area contributed by atoms with Crippen LogP contribution in [-0.4, -0.2) is 56.2 Å². The molecule has 16 nitrogen and oxygen atoms in total. The predicted octanol–water partition coefficient (Wildman–Crippen LogP) is 7.85. The highest BCUT2D eigenvalue weighted by Crippen LogP contribution is 2.50. The van der Waals surface area contributed by atoms with Crippen LogP contribution in [0.2, 0.25) is 0 Å². The molecule has 0 bridgehead atoms. The maximum Gasteiger partial charge on any atom is 0.490 e. The van der Waals surface area contributed by atoms with Gasteiger partial charge in [-0.3, -0.25) is 5.32 Å². The molecule has 312 valence electrons. The van der Waals surface area contributed by atoms with Crippen LogP contribution in [0.1, 0.15) is 49.0 Å². The van der Waals surface area contributed by atoms with Crippen LogP contribution in [0.5, 0.6) is 17.2 Å². The van der Waals surface area contributed by atoms with E-state index in [1.54, 1.807) is 24.3 Å². The van der Waals surface area contributed by atoms with Gasteiger partial charge in [-0.15, -0.1) is 0 Å². The highest BCUT2D eigenvalue weighted by atomic mass is 32.5. The van der Waals surface area contributed by atoms with Gasteiger partial charge in [-0.2, -0.15) is 13.2 Å². The summed E-state index contributed by atoms with van der Waals surface area (Å²) < 4.78 is 80.1. The zero-order chi connectivity index (χ0) is 42.7. The molecule has 3 rings (SSSR count). The fourth-order valence-corrected chi connectivity index (χ4v) is 6.72. The molecule has 5 N–H and O–H groups in total. The van der Waals surface area contributed by atoms with E-state index in [2.05, 4.69) is 23.2 Å². The van der Waals surface area contributed by atoms with Gasteiger partial charge in [0.2, 0.25) is 0 Å². The minimum absolute atomic E-state index is 0.0362. The van der Waals surface area contributed by atoms with E-state index in [9.17, 15) is 37.1 Å². The van der Waals surface area contributed by atoms with Crippen molar-refractivity contribution < 1.29 is 74.4 Å². The van der Waals surface area contributed by atoms with E-state index in [0.29, 0.717) is 24.0 Å². The van der Waals surface area contributed by atoms with Crippen molar-refractivity contribution in [3.8, 4) is 17.2 Å². The van der Waals surface area contributed by atoms with Crippen LogP contribution in [0, 0.1) is 0 Å². The molecule has 0 aliphatic heterocycles. The molecule has 2 atom stereocenters. The first-order valence-corrected chi connectivity index (χ1v) is 19.5. The van der Waals surface area contributed by atoms with Gasteiger partial charge < -0.3 is 48.7 Å². The normalized spacial score (nSPS) is 12.9. The molecule has 3 amide bonds. The molecule has 0 radical (unpaired) electrons. The number of amides is 3. The number of rotatable bonds is 22. The van der Waals surface area contributed by atoms with Crippen molar-refractivity contribution in [3.05, 3.63) is 109 Å². The number of hydrogen-bond donors (Lipinski definition) is 3. The van der Waals surface area contributed by atoms with Crippen LogP contribution in [0.3, 0.4) is 0 Å². The molecule has 21 heteroatoms. The number of esters is 2. The van der Waals surface area contributed by atoms with Crippen molar-refractivity contribution in [2.45, 2.75) is 44.1 Å². The standard InChI is InChI=1S/C37H39F3N3O13PS/c1-3-32(44)49-21-5-7-30(52-34(41)46)24-9-15-27(16-10-24)54-57(58,56-29-19-13-26(14-20-29)43-36(48)51-23-37(38,39)40)55-28-17-11-25(12-18-28)31(53-35(42)47)8-6-22-50-33(45)4-2/h3-4,9-20,30-31H,1-2,5-8,21-23H2,(H2,41,46)(H2,42,47)(H,43,48). The Morgan fingerprint density at radius 2 is 1.05 bits per heavy atom. The predicted molar refractivity (Wildman–Crippen MR) is 204 cm³/mol. The van der Waals surface area contributed by atoms with Gasteiger partial charge in [0.25, 0.3) is 0 Å². The van der Waals surface area contributed by atoms with E-state index in [-0.39, 0.29) is 49.0 Å². The fourth-order valence-electron chi connectivity index (χ4n) is 4.70. The van der Waals surface area contributed by atoms with E-state index in [0.717, 1.165) is 12.2 Å². The lowest BCUT2D eigenvalue weighted by atomic mass is 10.0. The average Bonchev–Trinajstić information content (AvgIpc) is 3.17. The lowest BCUT2D eigenvalue weighted by Crippen LogP contribution is -2.23. The van der Waals surface area contributed by atoms with Gasteiger partial charge in [0, 0.05) is 29.6 Å². The summed E-state index contributed by atoms with van der Waals surface area (Å²) in [4.78, 5) is 57.8. The molecular formula is C37H39F3N3O13PS. The second-order valence-electron chi connectivity index (χ2n) is 11.6. The number of halogens is 3. The monoisotopic (exact) mass is 853 g/mol. The van der Waals surface area contributed by atoms with Gasteiger partial charge in [0.15, 0.2) is 6.61 Å². The van der Waals surface area contributed by atoms with Crippen molar-refractivity contribution in [2.75, 3.05) is 25.1 Å². The van der Waals surface area contributed by atoms with Crippen molar-refractivity contribution in [2.24, 2.45) is 11.5 Å². The molecule has 0 aromatic heterocycles. The fraction of sp³-hybridized carbons (Fsp3) is 0.270. The van der Waals surface area contributed by atoms with Crippen LogP contribution < -0.4 is 30.4 Å². The van der Waals surface area contributed by atoms with Crippen LogP contribution in [-0.2, 0) is 45.1 Å². The quantitative estimate of drug-likeness (QED) is 0.0288. The first kappa shape index (κ1) is 46.1. The van der Waals surface area contributed by atoms with Gasteiger partial charge in [0.05, 0.1) is 13.2 Å². The molecule has 0 fully saturated rings. The highest BCUT2D eigenvalue weighted by Gasteiger charge is 2.30. The number of primary amides is 2. The summed E-state index contributed by atoms with van der Waals surface area (Å²) in [7, 11) is 0. The molecule has 0 saturated heterocycles. The number of benzene rings is 3. The van der Waals surface area contributed by atoms with E-state index in [1.807, 2.05) is 0 Å². The van der Waals surface area contributed by atoms with Crippen LogP contribution in [0.15, 0.2) is 98.1 Å². The number of alkyl halides is 3. The number of carbonyl (C=O) groups excluding carboxylic acids is 5. The molecule has 0 aliphatic rings. The zero-order valence-corrected chi connectivity index (χ0v) is 32.3. The average molecular weight is 854 g/mol. The Morgan fingerprint density at radius 3 is 1.40 bits per heavy atom. The van der Waals surface area contributed by atoms with Crippen molar-refractivity contribution in [1.82, 2.24) is 0 Å². The highest BCUT2D eigenvalue weighted by molar-refractivity contribution is 8.08. The molecule has 3 aromatic rings. The zero-order valence-electron chi connectivity index (χ0n) is 30.6. The van der Waals surface area contributed by atoms with Crippen molar-refractivity contribution in [3.63, 3.8) is 0 Å². The molecule has 2 unspecified atom stereocenters. The van der Waals surface area contributed by atoms with E-state index < -0.39 is 61.9 Å². The van der Waals surface area contributed by atoms with Crippen molar-refractivity contribution in [1.29, 1.82) is 0 Å². The Morgan fingerprint density at radius 1 is 0.672 bits per heavy atom. The van der Waals surface area contributed by atoms with Gasteiger partial charge in [0.1, 0.15) is 29.5 Å². The number of anilines is 1. The van der Waals surface area contributed by atoms with E-state index in [4.69, 9.17) is 55.8 Å². The Labute approximate surface area is 335 Å². The molecule has 0 spiro atoms. The second kappa shape index (κ2) is 22.5. The third-order valence-electron chi connectivity index (χ3n) is 7.18. The first-order valence-electron chi connectivity index (χ1n) is 17.0.